The molecule has 0 unspecified atom stereocenters. The van der Waals surface area contributed by atoms with Crippen molar-refractivity contribution in [1.82, 2.24) is 14.8 Å². The molecule has 0 saturated heterocycles. The number of ether oxygens (including phenoxy) is 2. The number of rotatable bonds is 9. The lowest BCUT2D eigenvalue weighted by atomic mass is 10.2. The molecule has 0 amide bonds. The number of nitro groups is 1. The fourth-order valence-corrected chi connectivity index (χ4v) is 3.55. The highest BCUT2D eigenvalue weighted by Gasteiger charge is 2.20. The van der Waals surface area contributed by atoms with Crippen LogP contribution in [0.15, 0.2) is 44.8 Å². The first-order chi connectivity index (χ1) is 14.9. The number of thioether (sulfide) groups is 1. The number of carboxylic acid groups (broad SMARTS) is 1. The van der Waals surface area contributed by atoms with E-state index in [0.717, 1.165) is 17.8 Å². The second kappa shape index (κ2) is 9.34. The average Bonchev–Trinajstić information content (AvgIpc) is 3.39. The first kappa shape index (κ1) is 21.9. The zero-order valence-corrected chi connectivity index (χ0v) is 17.6. The van der Waals surface area contributed by atoms with E-state index in [9.17, 15) is 20.0 Å². The first-order valence-corrected chi connectivity index (χ1v) is 9.71. The number of hydrogen-bond donors (Lipinski definition) is 1. The summed E-state index contributed by atoms with van der Waals surface area (Å²) in [5.74, 6) is -0.0387. The molecule has 3 aromatic rings. The third-order valence-corrected chi connectivity index (χ3v) is 5.12. The maximum absolute atomic E-state index is 11.7. The topological polar surface area (TPSA) is 143 Å². The molecule has 3 rings (SSSR count). The van der Waals surface area contributed by atoms with Crippen LogP contribution in [0.4, 0.5) is 5.88 Å². The summed E-state index contributed by atoms with van der Waals surface area (Å²) in [4.78, 5) is 21.7. The summed E-state index contributed by atoms with van der Waals surface area (Å²) in [6.45, 7) is 2.33. The van der Waals surface area contributed by atoms with Crippen LogP contribution in [-0.2, 0) is 11.3 Å². The molecule has 1 N–H and O–H groups in total. The molecule has 0 atom stereocenters. The molecule has 0 aliphatic heterocycles. The predicted molar refractivity (Wildman–Crippen MR) is 111 cm³/mol. The Morgan fingerprint density at radius 2 is 1.94 bits per heavy atom. The van der Waals surface area contributed by atoms with Crippen LogP contribution in [0.5, 0.6) is 11.5 Å². The van der Waals surface area contributed by atoms with Gasteiger partial charge in [-0.05, 0) is 36.9 Å². The Morgan fingerprint density at radius 1 is 1.26 bits per heavy atom. The van der Waals surface area contributed by atoms with Gasteiger partial charge in [0, 0.05) is 24.3 Å². The van der Waals surface area contributed by atoms with Crippen molar-refractivity contribution in [1.29, 1.82) is 0 Å². The normalized spacial score (nSPS) is 11.4. The van der Waals surface area contributed by atoms with E-state index in [2.05, 4.69) is 10.2 Å². The number of aliphatic carboxylic acids is 1. The van der Waals surface area contributed by atoms with Gasteiger partial charge in [0.15, 0.2) is 11.0 Å². The summed E-state index contributed by atoms with van der Waals surface area (Å²) in [7, 11) is 3.07. The fourth-order valence-electron chi connectivity index (χ4n) is 2.68. The highest BCUT2D eigenvalue weighted by atomic mass is 32.2. The SMILES string of the molecule is CCn1c(S/C(=C\c2ccc([N+](=O)[O-])o2)C(=O)O)nnc1-c1cc(OC)cc(OC)c1. The van der Waals surface area contributed by atoms with E-state index in [1.165, 1.54) is 26.4 Å². The molecule has 0 aliphatic rings. The molecule has 0 spiro atoms. The number of furan rings is 1. The van der Waals surface area contributed by atoms with Gasteiger partial charge in [0.25, 0.3) is 0 Å². The number of benzene rings is 1. The Labute approximate surface area is 180 Å². The molecule has 1 aromatic carbocycles. The second-order valence-electron chi connectivity index (χ2n) is 6.00. The lowest BCUT2D eigenvalue weighted by molar-refractivity contribution is -0.402. The molecule has 0 radical (unpaired) electrons. The van der Waals surface area contributed by atoms with E-state index < -0.39 is 16.8 Å². The van der Waals surface area contributed by atoms with E-state index in [-0.39, 0.29) is 10.7 Å². The Bertz CT molecular complexity index is 1130. The lowest BCUT2D eigenvalue weighted by Gasteiger charge is -2.10. The van der Waals surface area contributed by atoms with Crippen LogP contribution in [0.2, 0.25) is 0 Å². The molecule has 0 fully saturated rings. The van der Waals surface area contributed by atoms with Gasteiger partial charge in [0.05, 0.1) is 20.3 Å². The van der Waals surface area contributed by atoms with Crippen molar-refractivity contribution in [3.8, 4) is 22.9 Å². The monoisotopic (exact) mass is 446 g/mol. The number of nitrogens with zero attached hydrogens (tertiary/aromatic N) is 4. The summed E-state index contributed by atoms with van der Waals surface area (Å²) in [6, 6.07) is 7.73. The van der Waals surface area contributed by atoms with Crippen molar-refractivity contribution in [3.63, 3.8) is 0 Å². The van der Waals surface area contributed by atoms with E-state index in [1.807, 2.05) is 6.92 Å². The van der Waals surface area contributed by atoms with Crippen molar-refractivity contribution in [2.75, 3.05) is 14.2 Å². The van der Waals surface area contributed by atoms with Crippen molar-refractivity contribution in [2.24, 2.45) is 0 Å². The van der Waals surface area contributed by atoms with Gasteiger partial charge in [-0.2, -0.15) is 0 Å². The zero-order chi connectivity index (χ0) is 22.5. The molecule has 162 valence electrons. The minimum Gasteiger partial charge on any atom is -0.497 e. The van der Waals surface area contributed by atoms with Gasteiger partial charge in [-0.25, -0.2) is 4.79 Å². The molecular weight excluding hydrogens is 428 g/mol. The number of hydrogen-bond acceptors (Lipinski definition) is 9. The summed E-state index contributed by atoms with van der Waals surface area (Å²) in [5.41, 5.74) is 0.680. The Balaban J connectivity index is 1.98. The first-order valence-electron chi connectivity index (χ1n) is 8.90. The molecule has 2 heterocycles. The zero-order valence-electron chi connectivity index (χ0n) is 16.8. The van der Waals surface area contributed by atoms with E-state index >= 15 is 0 Å². The van der Waals surface area contributed by atoms with Crippen LogP contribution in [0.1, 0.15) is 12.7 Å². The summed E-state index contributed by atoms with van der Waals surface area (Å²) in [6.07, 6.45) is 1.20. The van der Waals surface area contributed by atoms with E-state index in [4.69, 9.17) is 13.9 Å². The highest BCUT2D eigenvalue weighted by Crippen LogP contribution is 2.33. The van der Waals surface area contributed by atoms with Gasteiger partial charge >= 0.3 is 11.9 Å². The predicted octanol–water partition coefficient (Wildman–Crippen LogP) is 3.70. The molecule has 0 saturated carbocycles. The largest absolute Gasteiger partial charge is 0.497 e. The van der Waals surface area contributed by atoms with Gasteiger partial charge in [0.2, 0.25) is 0 Å². The van der Waals surface area contributed by atoms with Crippen LogP contribution < -0.4 is 9.47 Å². The van der Waals surface area contributed by atoms with Crippen LogP contribution in [0.3, 0.4) is 0 Å². The minimum atomic E-state index is -1.24. The van der Waals surface area contributed by atoms with Crippen molar-refractivity contribution in [3.05, 3.63) is 51.1 Å². The summed E-state index contributed by atoms with van der Waals surface area (Å²) < 4.78 is 17.3. The maximum atomic E-state index is 11.7. The second-order valence-corrected chi connectivity index (χ2v) is 7.01. The van der Waals surface area contributed by atoms with Gasteiger partial charge in [0.1, 0.15) is 27.1 Å². The lowest BCUT2D eigenvalue weighted by Crippen LogP contribution is -2.03. The minimum absolute atomic E-state index is 0.0388. The molecule has 31 heavy (non-hydrogen) atoms. The van der Waals surface area contributed by atoms with Gasteiger partial charge in [-0.1, -0.05) is 0 Å². The number of methoxy groups -OCH3 is 2. The van der Waals surface area contributed by atoms with Crippen LogP contribution in [0, 0.1) is 10.1 Å². The Kier molecular flexibility index (Phi) is 6.60. The van der Waals surface area contributed by atoms with Crippen LogP contribution >= 0.6 is 11.8 Å². The molecular formula is C19H18N4O7S. The van der Waals surface area contributed by atoms with Crippen LogP contribution in [-0.4, -0.2) is 45.0 Å². The molecule has 12 heteroatoms. The quantitative estimate of drug-likeness (QED) is 0.224. The van der Waals surface area contributed by atoms with Crippen molar-refractivity contribution in [2.45, 2.75) is 18.6 Å². The van der Waals surface area contributed by atoms with Gasteiger partial charge in [-0.3, -0.25) is 10.1 Å². The summed E-state index contributed by atoms with van der Waals surface area (Å²) >= 11 is 0.854. The highest BCUT2D eigenvalue weighted by molar-refractivity contribution is 8.04. The van der Waals surface area contributed by atoms with Crippen LogP contribution in [0.25, 0.3) is 17.5 Å². The van der Waals surface area contributed by atoms with Crippen molar-refractivity contribution >= 4 is 29.7 Å². The van der Waals surface area contributed by atoms with Crippen molar-refractivity contribution < 1.29 is 28.7 Å². The smallest absolute Gasteiger partial charge is 0.433 e. The maximum Gasteiger partial charge on any atom is 0.433 e. The van der Waals surface area contributed by atoms with E-state index in [0.29, 0.717) is 34.6 Å². The number of aromatic nitrogens is 3. The third-order valence-electron chi connectivity index (χ3n) is 4.12. The number of carbonyl (C=O) groups is 1. The molecule has 2 aromatic heterocycles. The summed E-state index contributed by atoms with van der Waals surface area (Å²) in [5, 5.41) is 29.0. The number of carboxylic acids is 1. The van der Waals surface area contributed by atoms with Gasteiger partial charge in [-0.15, -0.1) is 10.2 Å². The molecule has 0 bridgehead atoms. The molecule has 0 aliphatic carbocycles. The fraction of sp³-hybridized carbons (Fsp3) is 0.211. The third kappa shape index (κ3) is 4.86. The molecule has 11 nitrogen and oxygen atoms in total. The Morgan fingerprint density at radius 3 is 2.45 bits per heavy atom. The standard InChI is InChI=1S/C19H18N4O7S/c1-4-22-17(11-7-13(28-2)9-14(8-11)29-3)20-21-19(22)31-15(18(24)25)10-12-5-6-16(30-12)23(26)27/h5-10H,4H2,1-3H3,(H,24,25)/b15-10-. The van der Waals surface area contributed by atoms with E-state index in [1.54, 1.807) is 22.8 Å². The average molecular weight is 446 g/mol. The Hall–Kier alpha value is -3.80. The van der Waals surface area contributed by atoms with Gasteiger partial charge < -0.3 is 23.6 Å².